The Hall–Kier alpha value is -14.7. The Morgan fingerprint density at radius 1 is 0.176 bits per heavy atom. The molecule has 15 aromatic carbocycles. The number of nitrogens with zero attached hydrogens (tertiary/aromatic N) is 7. The molecule has 0 aliphatic rings. The summed E-state index contributed by atoms with van der Waals surface area (Å²) in [6.45, 7) is 0. The molecular weight excluding hydrogens is 1320 g/mol. The topological polar surface area (TPSA) is 117 Å². The van der Waals surface area contributed by atoms with Crippen LogP contribution in [0.2, 0.25) is 0 Å². The molecule has 0 aliphatic heterocycles. The summed E-state index contributed by atoms with van der Waals surface area (Å²) in [5.74, 6) is 2.54. The van der Waals surface area contributed by atoms with Gasteiger partial charge in [-0.15, -0.1) is 0 Å². The minimum atomic E-state index is 0.610. The first-order valence-corrected chi connectivity index (χ1v) is 36.2. The quantitative estimate of drug-likeness (QED) is 0.117. The molecule has 21 aromatic rings. The lowest BCUT2D eigenvalue weighted by atomic mass is 9.96. The molecule has 0 aliphatic carbocycles. The van der Waals surface area contributed by atoms with E-state index in [0.717, 1.165) is 177 Å². The lowest BCUT2D eigenvalue weighted by Gasteiger charge is -2.12. The lowest BCUT2D eigenvalue weighted by Crippen LogP contribution is -2.00. The van der Waals surface area contributed by atoms with Crippen molar-refractivity contribution >= 4 is 87.2 Å². The highest BCUT2D eigenvalue weighted by Crippen LogP contribution is 2.45. The minimum absolute atomic E-state index is 0.610. The van der Waals surface area contributed by atoms with E-state index in [9.17, 15) is 0 Å². The number of furan rings is 2. The number of benzene rings is 15. The van der Waals surface area contributed by atoms with Crippen LogP contribution in [0.3, 0.4) is 0 Å². The zero-order valence-electron chi connectivity index (χ0n) is 58.2. The third kappa shape index (κ3) is 11.6. The first-order chi connectivity index (χ1) is 53.5. The van der Waals surface area contributed by atoms with Gasteiger partial charge in [-0.2, -0.15) is 0 Å². The Balaban J connectivity index is 0.000000143. The molecule has 0 unspecified atom stereocenters. The number of pyridine rings is 2. The molecule has 9 nitrogen and oxygen atoms in total. The number of hydrogen-bond donors (Lipinski definition) is 0. The Morgan fingerprint density at radius 2 is 0.491 bits per heavy atom. The van der Waals surface area contributed by atoms with E-state index >= 15 is 0 Å². The molecule has 9 heteroatoms. The zero-order valence-corrected chi connectivity index (χ0v) is 58.2. The van der Waals surface area contributed by atoms with Gasteiger partial charge in [0, 0.05) is 55.3 Å². The third-order valence-corrected chi connectivity index (χ3v) is 20.4. The number of rotatable bonds is 11. The van der Waals surface area contributed by atoms with E-state index in [4.69, 9.17) is 43.7 Å². The van der Waals surface area contributed by atoms with Gasteiger partial charge in [0.25, 0.3) is 0 Å². The summed E-state index contributed by atoms with van der Waals surface area (Å²) in [5.41, 5.74) is 23.3. The summed E-state index contributed by atoms with van der Waals surface area (Å²) in [6, 6.07) is 128. The molecule has 0 saturated carbocycles. The predicted molar refractivity (Wildman–Crippen MR) is 442 cm³/mol. The summed E-state index contributed by atoms with van der Waals surface area (Å²) in [4.78, 5) is 35.9. The maximum Gasteiger partial charge on any atom is 0.164 e. The molecule has 0 saturated heterocycles. The Morgan fingerprint density at radius 3 is 0.981 bits per heavy atom. The van der Waals surface area contributed by atoms with Gasteiger partial charge in [0.2, 0.25) is 0 Å². The van der Waals surface area contributed by atoms with Gasteiger partial charge >= 0.3 is 0 Å². The van der Waals surface area contributed by atoms with E-state index in [2.05, 4.69) is 285 Å². The van der Waals surface area contributed by atoms with Crippen LogP contribution in [0, 0.1) is 0 Å². The van der Waals surface area contributed by atoms with Crippen molar-refractivity contribution in [3.8, 4) is 124 Å². The zero-order chi connectivity index (χ0) is 71.4. The van der Waals surface area contributed by atoms with Crippen molar-refractivity contribution in [1.29, 1.82) is 0 Å². The van der Waals surface area contributed by atoms with Crippen molar-refractivity contribution in [1.82, 2.24) is 34.9 Å². The van der Waals surface area contributed by atoms with Gasteiger partial charge < -0.3 is 8.83 Å². The lowest BCUT2D eigenvalue weighted by molar-refractivity contribution is 0.672. The smallest absolute Gasteiger partial charge is 0.164 e. The maximum absolute atomic E-state index is 6.67. The van der Waals surface area contributed by atoms with E-state index in [1.807, 2.05) is 84.9 Å². The van der Waals surface area contributed by atoms with Crippen LogP contribution in [0.5, 0.6) is 0 Å². The van der Waals surface area contributed by atoms with Crippen LogP contribution >= 0.6 is 0 Å². The first kappa shape index (κ1) is 63.1. The van der Waals surface area contributed by atoms with Crippen molar-refractivity contribution in [3.05, 3.63) is 370 Å². The van der Waals surface area contributed by atoms with E-state index < -0.39 is 0 Å². The van der Waals surface area contributed by atoms with Crippen molar-refractivity contribution in [3.63, 3.8) is 0 Å². The number of para-hydroxylation sites is 2. The van der Waals surface area contributed by atoms with Gasteiger partial charge in [0.15, 0.2) is 23.3 Å². The molecule has 108 heavy (non-hydrogen) atoms. The normalized spacial score (nSPS) is 11.5. The SMILES string of the molecule is c1ccc(-c2ccc(-c3nc(-c4ccccc4)cc(-c4ccc(-c5nc6ccc7ccccc7c6c6oc7ccccc7c56)cc4)n3)cc2)cc1.c1ccc(-c2ccc(-c3nc(-c4ccccc4)nc(-c4cccc(-c5cccc(-c6nc7ccc8ccccc8c7c7oc8ccccc8c67)c5)c4)n3)cc2)cc1. The molecule has 6 heterocycles. The average molecular weight is 1380 g/mol. The monoisotopic (exact) mass is 1380 g/mol. The summed E-state index contributed by atoms with van der Waals surface area (Å²) in [6.07, 6.45) is 0. The van der Waals surface area contributed by atoms with Crippen LogP contribution in [0.4, 0.5) is 0 Å². The van der Waals surface area contributed by atoms with Crippen molar-refractivity contribution in [2.45, 2.75) is 0 Å². The molecule has 0 radical (unpaired) electrons. The van der Waals surface area contributed by atoms with Gasteiger partial charge in [-0.25, -0.2) is 34.9 Å². The van der Waals surface area contributed by atoms with Crippen LogP contribution in [-0.2, 0) is 0 Å². The van der Waals surface area contributed by atoms with Crippen LogP contribution in [0.25, 0.3) is 211 Å². The number of aromatic nitrogens is 7. The summed E-state index contributed by atoms with van der Waals surface area (Å²) in [5, 5.41) is 10.8. The molecular formula is C99H61N7O2. The van der Waals surface area contributed by atoms with Crippen LogP contribution in [0.1, 0.15) is 0 Å². The fraction of sp³-hybridized carbons (Fsp3) is 0. The molecule has 0 spiro atoms. The highest BCUT2D eigenvalue weighted by atomic mass is 16.3. The van der Waals surface area contributed by atoms with Crippen molar-refractivity contribution < 1.29 is 8.83 Å². The molecule has 0 fully saturated rings. The molecule has 0 amide bonds. The summed E-state index contributed by atoms with van der Waals surface area (Å²) >= 11 is 0. The largest absolute Gasteiger partial charge is 0.455 e. The second-order valence-electron chi connectivity index (χ2n) is 27.0. The summed E-state index contributed by atoms with van der Waals surface area (Å²) in [7, 11) is 0. The highest BCUT2D eigenvalue weighted by molar-refractivity contribution is 6.27. The Kier molecular flexibility index (Phi) is 15.7. The second-order valence-corrected chi connectivity index (χ2v) is 27.0. The highest BCUT2D eigenvalue weighted by Gasteiger charge is 2.23. The van der Waals surface area contributed by atoms with Gasteiger partial charge in [-0.05, 0) is 97.4 Å². The Bertz CT molecular complexity index is 7010. The average Bonchev–Trinajstić information content (AvgIpc) is 1.53. The fourth-order valence-electron chi connectivity index (χ4n) is 15.1. The van der Waals surface area contributed by atoms with Crippen LogP contribution in [0.15, 0.2) is 379 Å². The third-order valence-electron chi connectivity index (χ3n) is 20.4. The van der Waals surface area contributed by atoms with Gasteiger partial charge in [0.05, 0.1) is 55.4 Å². The number of fused-ring (bicyclic) bond motifs is 14. The van der Waals surface area contributed by atoms with E-state index in [1.165, 1.54) is 11.1 Å². The fourth-order valence-corrected chi connectivity index (χ4v) is 15.1. The van der Waals surface area contributed by atoms with Gasteiger partial charge in [0.1, 0.15) is 22.3 Å². The van der Waals surface area contributed by atoms with E-state index in [-0.39, 0.29) is 0 Å². The summed E-state index contributed by atoms with van der Waals surface area (Å²) < 4.78 is 13.3. The predicted octanol–water partition coefficient (Wildman–Crippen LogP) is 25.9. The number of hydrogen-bond acceptors (Lipinski definition) is 9. The Labute approximate surface area is 621 Å². The first-order valence-electron chi connectivity index (χ1n) is 36.2. The molecule has 6 aromatic heterocycles. The van der Waals surface area contributed by atoms with Crippen LogP contribution in [-0.4, -0.2) is 34.9 Å². The van der Waals surface area contributed by atoms with Crippen LogP contribution < -0.4 is 0 Å². The molecule has 0 bridgehead atoms. The maximum atomic E-state index is 6.67. The van der Waals surface area contributed by atoms with Crippen molar-refractivity contribution in [2.75, 3.05) is 0 Å². The molecule has 0 atom stereocenters. The van der Waals surface area contributed by atoms with E-state index in [0.29, 0.717) is 23.3 Å². The minimum Gasteiger partial charge on any atom is -0.455 e. The van der Waals surface area contributed by atoms with E-state index in [1.54, 1.807) is 0 Å². The standard InChI is InChI=1S/C52H32N4O.C47H29N3O/c1-3-13-33(14-4-1)34-25-27-37(28-26-34)51-54-50(36-16-5-2-6-17-36)55-52(56-51)41-21-12-19-39(32-41)38-18-11-20-40(31-38)48-47-43-23-9-10-24-45(43)57-49(47)46-42-22-8-7-15-35(42)29-30-44(46)53-48;1-3-11-30(12-4-1)31-19-25-36(26-20-31)47-49-40(33-14-5-2-6-15-33)29-41(50-47)34-21-23-35(24-22-34)45-44-38-17-9-10-18-42(38)51-46(44)43-37-16-8-7-13-32(37)27-28-39(43)48-45/h1-32H;1-29H. The molecule has 0 N–H and O–H groups in total. The molecule has 504 valence electrons. The van der Waals surface area contributed by atoms with Crippen molar-refractivity contribution in [2.24, 2.45) is 0 Å². The molecule has 21 rings (SSSR count). The second kappa shape index (κ2) is 26.9. The van der Waals surface area contributed by atoms with Gasteiger partial charge in [-0.3, -0.25) is 0 Å². The van der Waals surface area contributed by atoms with Gasteiger partial charge in [-0.1, -0.05) is 328 Å².